The lowest BCUT2D eigenvalue weighted by molar-refractivity contribution is -0.399. The average molecular weight is 1710 g/mol. The summed E-state index contributed by atoms with van der Waals surface area (Å²) < 4.78 is 81.3. The molecule has 40 heteroatoms. The minimum absolute atomic E-state index is 0.171. The van der Waals surface area contributed by atoms with Crippen LogP contribution in [0.25, 0.3) is 0 Å². The van der Waals surface area contributed by atoms with Gasteiger partial charge in [-0.1, -0.05) is 167 Å². The van der Waals surface area contributed by atoms with Gasteiger partial charge >= 0.3 is 0 Å². The van der Waals surface area contributed by atoms with Crippen LogP contribution in [0.1, 0.15) is 188 Å². The van der Waals surface area contributed by atoms with E-state index in [-0.39, 0.29) is 12.3 Å². The van der Waals surface area contributed by atoms with Crippen molar-refractivity contribution in [1.82, 2.24) is 10.6 Å². The lowest BCUT2D eigenvalue weighted by Gasteiger charge is -2.50. The van der Waals surface area contributed by atoms with E-state index in [1.54, 1.807) is 6.08 Å². The summed E-state index contributed by atoms with van der Waals surface area (Å²) in [5.41, 5.74) is 0. The number of allylic oxidation sites excluding steroid dienone is 1. The number of hydrogen-bond acceptors (Lipinski definition) is 38. The highest BCUT2D eigenvalue weighted by molar-refractivity contribution is 5.76. The Balaban J connectivity index is 0.963. The molecule has 0 aromatic heterocycles. The Morgan fingerprint density at radius 1 is 0.331 bits per heavy atom. The number of rotatable bonds is 52. The highest BCUT2D eigenvalue weighted by Crippen LogP contribution is 2.39. The average Bonchev–Trinajstić information content (AvgIpc) is 0.770. The van der Waals surface area contributed by atoms with Crippen molar-refractivity contribution in [2.24, 2.45) is 0 Å². The normalized spacial score (nSPS) is 39.9. The monoisotopic (exact) mass is 1710 g/mol. The van der Waals surface area contributed by atoms with Crippen LogP contribution < -0.4 is 10.6 Å². The fourth-order valence-corrected chi connectivity index (χ4v) is 15.8. The zero-order valence-corrected chi connectivity index (χ0v) is 67.9. The van der Waals surface area contributed by atoms with E-state index >= 15 is 0 Å². The van der Waals surface area contributed by atoms with E-state index in [1.807, 2.05) is 6.08 Å². The van der Waals surface area contributed by atoms with Gasteiger partial charge in [-0.25, -0.2) is 0 Å². The van der Waals surface area contributed by atoms with Crippen LogP contribution in [0.15, 0.2) is 12.2 Å². The summed E-state index contributed by atoms with van der Waals surface area (Å²) in [5, 5.41) is 251. The second-order valence-electron chi connectivity index (χ2n) is 32.0. The van der Waals surface area contributed by atoms with Crippen LogP contribution in [0.5, 0.6) is 0 Å². The summed E-state index contributed by atoms with van der Waals surface area (Å²) in [4.78, 5) is 25.6. The minimum Gasteiger partial charge on any atom is -0.394 e. The Bertz CT molecular complexity index is 2770. The topological polar surface area (TPSA) is 632 Å². The number of aliphatic hydroxyl groups excluding tert-OH is 22. The van der Waals surface area contributed by atoms with Crippen molar-refractivity contribution < 1.29 is 188 Å². The first kappa shape index (κ1) is 102. The molecule has 118 heavy (non-hydrogen) atoms. The van der Waals surface area contributed by atoms with Crippen LogP contribution in [-0.2, 0) is 75.9 Å². The van der Waals surface area contributed by atoms with Gasteiger partial charge in [0.15, 0.2) is 44.0 Å². The smallest absolute Gasteiger partial charge is 0.220 e. The van der Waals surface area contributed by atoms with Crippen molar-refractivity contribution in [3.8, 4) is 0 Å². The van der Waals surface area contributed by atoms with E-state index in [4.69, 9.17) is 66.3 Å². The third kappa shape index (κ3) is 28.9. The highest BCUT2D eigenvalue weighted by Gasteiger charge is 2.59. The summed E-state index contributed by atoms with van der Waals surface area (Å²) in [6, 6.07) is -2.69. The van der Waals surface area contributed by atoms with E-state index in [0.717, 1.165) is 58.3 Å². The second-order valence-corrected chi connectivity index (χ2v) is 32.0. The predicted octanol–water partition coefficient (Wildman–Crippen LogP) is -5.52. The van der Waals surface area contributed by atoms with Crippen molar-refractivity contribution in [3.05, 3.63) is 12.2 Å². The number of carbonyl (C=O) groups excluding carboxylic acids is 2. The van der Waals surface area contributed by atoms with Crippen LogP contribution in [0.4, 0.5) is 0 Å². The van der Waals surface area contributed by atoms with Crippen molar-refractivity contribution in [2.45, 2.75) is 415 Å². The van der Waals surface area contributed by atoms with Gasteiger partial charge < -0.3 is 189 Å². The molecule has 7 rings (SSSR count). The zero-order chi connectivity index (χ0) is 86.3. The molecule has 0 aromatic rings. The Morgan fingerprint density at radius 3 is 0.975 bits per heavy atom. The largest absolute Gasteiger partial charge is 0.394 e. The van der Waals surface area contributed by atoms with Gasteiger partial charge in [0, 0.05) is 13.3 Å². The molecule has 40 nitrogen and oxygen atoms in total. The molecule has 2 amide bonds. The molecular weight excluding hydrogens is 1570 g/mol. The van der Waals surface area contributed by atoms with Crippen LogP contribution in [0, 0.1) is 0 Å². The van der Waals surface area contributed by atoms with Gasteiger partial charge in [0.2, 0.25) is 11.8 Å². The molecule has 0 aromatic carbocycles. The number of aliphatic hydroxyl groups is 22. The Morgan fingerprint density at radius 2 is 0.619 bits per heavy atom. The van der Waals surface area contributed by atoms with Gasteiger partial charge in [0.05, 0.1) is 65.0 Å². The molecule has 7 saturated heterocycles. The number of ether oxygens (including phenoxy) is 14. The van der Waals surface area contributed by atoms with Gasteiger partial charge in [-0.15, -0.1) is 0 Å². The maximum atomic E-state index is 13.5. The summed E-state index contributed by atoms with van der Waals surface area (Å²) in [6.07, 6.45) is -37.9. The Hall–Kier alpha value is -2.76. The van der Waals surface area contributed by atoms with Crippen LogP contribution in [-0.4, -0.2) is 404 Å². The summed E-state index contributed by atoms with van der Waals surface area (Å²) in [7, 11) is 0. The third-order valence-corrected chi connectivity index (χ3v) is 22.9. The molecule has 0 saturated carbocycles. The lowest BCUT2D eigenvalue weighted by Crippen LogP contribution is -2.69. The summed E-state index contributed by atoms with van der Waals surface area (Å²) in [5.74, 6) is -1.12. The quantitative estimate of drug-likeness (QED) is 0.0199. The standard InChI is InChI=1S/C78H140N2O38/c1-4-6-8-10-12-14-16-18-20-22-24-26-28-30-42(89)41(80-50(90)31-29-27-25-23-21-19-17-15-13-11-9-7-5-2)39-105-73-60(99)58(97)66(48(37-86)111-73)113-74-61(100)59(98)67(49(38-87)112-74)114-75-63(102)69(54(93)45(34-83)107-75)116-77-65(104)71(56(95)47(36-85)109-77)118-78-64(103)70(55(94)46(35-84)110-78)117-76-62(101)68(53(92)44(33-82)108-76)115-72-51(79-40(3)88)57(96)52(91)43(32-81)106-72/h28,30,41-49,51-78,81-87,89,91-104H,4-27,29,31-39H2,1-3H3,(H,79,88)(H,80,90)/b30-28+/t41-,42+,43?,44?,45?,46?,47?,48?,49?,51?,52-,53-,54-,55-,56-,57+,58+,59+,60?,61?,62?,63?,64?,65?,66+,67-,68-,69-,70-,71-,72-,73+,74-,75-,76+,77+,78+/m0/s1. The Labute approximate surface area is 688 Å². The van der Waals surface area contributed by atoms with Gasteiger partial charge in [-0.3, -0.25) is 9.59 Å². The van der Waals surface area contributed by atoms with Crippen LogP contribution >= 0.6 is 0 Å². The minimum atomic E-state index is -2.35. The van der Waals surface area contributed by atoms with Crippen molar-refractivity contribution >= 4 is 11.8 Å². The molecule has 7 heterocycles. The fraction of sp³-hybridized carbons (Fsp3) is 0.949. The van der Waals surface area contributed by atoms with Gasteiger partial charge in [0.1, 0.15) is 171 Å². The number of nitrogens with one attached hydrogen (secondary N) is 2. The molecular formula is C78H140N2O38. The predicted molar refractivity (Wildman–Crippen MR) is 406 cm³/mol. The van der Waals surface area contributed by atoms with Crippen LogP contribution in [0.2, 0.25) is 0 Å². The van der Waals surface area contributed by atoms with Gasteiger partial charge in [-0.2, -0.15) is 0 Å². The molecule has 24 N–H and O–H groups in total. The van der Waals surface area contributed by atoms with Crippen molar-refractivity contribution in [2.75, 3.05) is 52.9 Å². The van der Waals surface area contributed by atoms with E-state index in [2.05, 4.69) is 24.5 Å². The number of amides is 2. The van der Waals surface area contributed by atoms with Gasteiger partial charge in [0.25, 0.3) is 0 Å². The zero-order valence-electron chi connectivity index (χ0n) is 67.9. The van der Waals surface area contributed by atoms with Gasteiger partial charge in [-0.05, 0) is 19.3 Å². The van der Waals surface area contributed by atoms with Crippen LogP contribution in [0.3, 0.4) is 0 Å². The number of hydrogen-bond donors (Lipinski definition) is 24. The van der Waals surface area contributed by atoms with Crippen molar-refractivity contribution in [3.63, 3.8) is 0 Å². The molecule has 0 bridgehead atoms. The molecule has 37 atom stereocenters. The van der Waals surface area contributed by atoms with E-state index < -0.39 is 286 Å². The molecule has 7 aliphatic rings. The molecule has 690 valence electrons. The Kier molecular flexibility index (Phi) is 46.0. The second kappa shape index (κ2) is 53.0. The SMILES string of the molecule is CCCCCCCCCCCCC/C=C/[C@@H](O)[C@H](CO[C@@H]1OC(CO)[C@@H](O[C@@H]2OC(CO)[C@H](O[C@@H]3OC(CO)[C@H](O)[C@H](O[C@H]4OC(CO)[C@H](O)[C@H](O[C@H]5OC(CO)[C@H](O)[C@H](O[C@H]6OC(CO)[C@H](O)[C@H](O[C@@H]7OC(CO)[C@H](O)[C@H](O)C7NC(C)=O)C6O)C5O)C4O)C3O)[C@H](O)C2O)[C@H](O)C1O)NC(=O)CCCCCCCCCCCCCCC. The first-order valence-electron chi connectivity index (χ1n) is 42.5. The fourth-order valence-electron chi connectivity index (χ4n) is 15.8. The van der Waals surface area contributed by atoms with E-state index in [0.29, 0.717) is 12.8 Å². The van der Waals surface area contributed by atoms with E-state index in [1.165, 1.54) is 96.3 Å². The highest BCUT2D eigenvalue weighted by atomic mass is 16.8. The van der Waals surface area contributed by atoms with E-state index in [9.17, 15) is 122 Å². The molecule has 0 aliphatic carbocycles. The number of carbonyl (C=O) groups is 2. The maximum Gasteiger partial charge on any atom is 0.220 e. The van der Waals surface area contributed by atoms with Crippen molar-refractivity contribution in [1.29, 1.82) is 0 Å². The molecule has 0 spiro atoms. The third-order valence-electron chi connectivity index (χ3n) is 22.9. The number of unbranched alkanes of at least 4 members (excludes halogenated alkanes) is 23. The summed E-state index contributed by atoms with van der Waals surface area (Å²) in [6.45, 7) is -2.21. The molecule has 14 unspecified atom stereocenters. The first-order valence-corrected chi connectivity index (χ1v) is 42.5. The molecule has 7 fully saturated rings. The maximum absolute atomic E-state index is 13.5. The molecule has 0 radical (unpaired) electrons. The first-order chi connectivity index (χ1) is 56.7. The summed E-state index contributed by atoms with van der Waals surface area (Å²) >= 11 is 0. The lowest BCUT2D eigenvalue weighted by atomic mass is 9.94. The molecule has 7 aliphatic heterocycles.